The molecule has 0 atom stereocenters. The number of hydrogen-bond acceptors (Lipinski definition) is 5. The average Bonchev–Trinajstić information content (AvgIpc) is 3.14. The van der Waals surface area contributed by atoms with Crippen LogP contribution in [0.15, 0.2) is 4.52 Å². The number of rotatable bonds is 5. The average molecular weight is 329 g/mol. The number of alkyl halides is 3. The highest BCUT2D eigenvalue weighted by Crippen LogP contribution is 2.31. The molecule has 0 radical (unpaired) electrons. The third-order valence-corrected chi connectivity index (χ3v) is 4.14. The molecule has 0 N–H and O–H groups in total. The maximum atomic E-state index is 12.6. The fraction of sp³-hybridized carbons (Fsp3) is 0.643. The maximum Gasteiger partial charge on any atom is 0.455 e. The molecule has 0 aliphatic heterocycles. The highest BCUT2D eigenvalue weighted by Gasteiger charge is 2.38. The van der Waals surface area contributed by atoms with E-state index in [1.165, 1.54) is 0 Å². The minimum atomic E-state index is -4.58. The smallest absolute Gasteiger partial charge is 0.338 e. The summed E-state index contributed by atoms with van der Waals surface area (Å²) in [4.78, 5) is 5.53. The molecule has 0 aromatic carbocycles. The van der Waals surface area contributed by atoms with E-state index in [2.05, 4.69) is 20.1 Å². The SMILES string of the molecule is Cc1nn(C)c(C)c1CN(Cc1nc(C(F)(F)F)no1)C1CC1. The van der Waals surface area contributed by atoms with Crippen LogP contribution in [0, 0.1) is 13.8 Å². The Morgan fingerprint density at radius 2 is 1.96 bits per heavy atom. The Kier molecular flexibility index (Phi) is 3.91. The van der Waals surface area contributed by atoms with Crippen molar-refractivity contribution in [3.05, 3.63) is 28.7 Å². The van der Waals surface area contributed by atoms with Gasteiger partial charge in [-0.2, -0.15) is 23.3 Å². The number of aryl methyl sites for hydroxylation is 2. The van der Waals surface area contributed by atoms with E-state index in [9.17, 15) is 13.2 Å². The summed E-state index contributed by atoms with van der Waals surface area (Å²) in [5.74, 6) is -1.24. The summed E-state index contributed by atoms with van der Waals surface area (Å²) in [6, 6.07) is 0.343. The van der Waals surface area contributed by atoms with Crippen molar-refractivity contribution in [3.63, 3.8) is 0 Å². The van der Waals surface area contributed by atoms with Gasteiger partial charge in [0.05, 0.1) is 12.2 Å². The summed E-state index contributed by atoms with van der Waals surface area (Å²) in [5.41, 5.74) is 3.07. The van der Waals surface area contributed by atoms with Crippen LogP contribution in [0.4, 0.5) is 13.2 Å². The Bertz CT molecular complexity index is 702. The molecular formula is C14H18F3N5O. The zero-order chi connectivity index (χ0) is 16.8. The predicted octanol–water partition coefficient (Wildman–Crippen LogP) is 2.60. The van der Waals surface area contributed by atoms with E-state index < -0.39 is 12.0 Å². The summed E-state index contributed by atoms with van der Waals surface area (Å²) in [5, 5.41) is 7.39. The molecule has 0 unspecified atom stereocenters. The van der Waals surface area contributed by atoms with Crippen LogP contribution in [-0.4, -0.2) is 30.9 Å². The van der Waals surface area contributed by atoms with Crippen LogP contribution in [0.1, 0.15) is 41.5 Å². The van der Waals surface area contributed by atoms with E-state index >= 15 is 0 Å². The summed E-state index contributed by atoms with van der Waals surface area (Å²) < 4.78 is 44.2. The van der Waals surface area contributed by atoms with Crippen LogP contribution in [0.5, 0.6) is 0 Å². The lowest BCUT2D eigenvalue weighted by Gasteiger charge is -2.20. The van der Waals surface area contributed by atoms with Crippen LogP contribution < -0.4 is 0 Å². The van der Waals surface area contributed by atoms with Gasteiger partial charge in [-0.3, -0.25) is 9.58 Å². The van der Waals surface area contributed by atoms with E-state index in [1.54, 1.807) is 0 Å². The molecule has 9 heteroatoms. The topological polar surface area (TPSA) is 60.0 Å². The second kappa shape index (κ2) is 5.63. The van der Waals surface area contributed by atoms with Crippen molar-refractivity contribution in [1.29, 1.82) is 0 Å². The lowest BCUT2D eigenvalue weighted by molar-refractivity contribution is -0.146. The first kappa shape index (κ1) is 16.0. The molecular weight excluding hydrogens is 311 g/mol. The van der Waals surface area contributed by atoms with Crippen LogP contribution in [0.2, 0.25) is 0 Å². The van der Waals surface area contributed by atoms with Gasteiger partial charge >= 0.3 is 6.18 Å². The van der Waals surface area contributed by atoms with E-state index in [0.717, 1.165) is 29.8 Å². The lowest BCUT2D eigenvalue weighted by Crippen LogP contribution is -2.26. The number of nitrogens with zero attached hydrogens (tertiary/aromatic N) is 5. The molecule has 1 aliphatic carbocycles. The van der Waals surface area contributed by atoms with Crippen LogP contribution in [0.3, 0.4) is 0 Å². The first-order valence-electron chi connectivity index (χ1n) is 7.38. The molecule has 0 spiro atoms. The van der Waals surface area contributed by atoms with Crippen molar-refractivity contribution in [2.45, 2.75) is 52.0 Å². The molecule has 126 valence electrons. The van der Waals surface area contributed by atoms with Gasteiger partial charge in [0, 0.05) is 30.9 Å². The van der Waals surface area contributed by atoms with Crippen molar-refractivity contribution < 1.29 is 17.7 Å². The van der Waals surface area contributed by atoms with E-state index in [-0.39, 0.29) is 12.4 Å². The zero-order valence-electron chi connectivity index (χ0n) is 13.2. The molecule has 2 aromatic heterocycles. The first-order valence-corrected chi connectivity index (χ1v) is 7.38. The van der Waals surface area contributed by atoms with Gasteiger partial charge in [0.1, 0.15) is 0 Å². The molecule has 2 heterocycles. The lowest BCUT2D eigenvalue weighted by atomic mass is 10.2. The van der Waals surface area contributed by atoms with Crippen LogP contribution in [-0.2, 0) is 26.3 Å². The Labute approximate surface area is 131 Å². The number of aromatic nitrogens is 4. The molecule has 1 fully saturated rings. The first-order chi connectivity index (χ1) is 10.8. The van der Waals surface area contributed by atoms with Gasteiger partial charge in [-0.15, -0.1) is 0 Å². The van der Waals surface area contributed by atoms with Gasteiger partial charge in [-0.25, -0.2) is 0 Å². The van der Waals surface area contributed by atoms with Crippen molar-refractivity contribution in [3.8, 4) is 0 Å². The highest BCUT2D eigenvalue weighted by atomic mass is 19.4. The van der Waals surface area contributed by atoms with E-state index in [1.807, 2.05) is 25.6 Å². The quantitative estimate of drug-likeness (QED) is 0.844. The van der Waals surface area contributed by atoms with E-state index in [0.29, 0.717) is 12.6 Å². The maximum absolute atomic E-state index is 12.6. The highest BCUT2D eigenvalue weighted by molar-refractivity contribution is 5.24. The number of hydrogen-bond donors (Lipinski definition) is 0. The minimum Gasteiger partial charge on any atom is -0.338 e. The molecule has 23 heavy (non-hydrogen) atoms. The predicted molar refractivity (Wildman–Crippen MR) is 74.3 cm³/mol. The van der Waals surface area contributed by atoms with Gasteiger partial charge in [0.25, 0.3) is 5.82 Å². The summed E-state index contributed by atoms with van der Waals surface area (Å²) >= 11 is 0. The zero-order valence-corrected chi connectivity index (χ0v) is 13.2. The second-order valence-electron chi connectivity index (χ2n) is 5.92. The molecule has 0 amide bonds. The third kappa shape index (κ3) is 3.39. The minimum absolute atomic E-state index is 0.0107. The molecule has 0 saturated heterocycles. The molecule has 1 saturated carbocycles. The van der Waals surface area contributed by atoms with Crippen molar-refractivity contribution >= 4 is 0 Å². The normalized spacial score (nSPS) is 15.6. The Hall–Kier alpha value is -1.90. The fourth-order valence-corrected chi connectivity index (χ4v) is 2.61. The van der Waals surface area contributed by atoms with Crippen molar-refractivity contribution in [2.75, 3.05) is 0 Å². The molecule has 1 aliphatic rings. The van der Waals surface area contributed by atoms with Crippen molar-refractivity contribution in [1.82, 2.24) is 24.8 Å². The molecule has 3 rings (SSSR count). The van der Waals surface area contributed by atoms with Gasteiger partial charge in [0.2, 0.25) is 5.89 Å². The molecule has 6 nitrogen and oxygen atoms in total. The van der Waals surface area contributed by atoms with E-state index in [4.69, 9.17) is 4.52 Å². The van der Waals surface area contributed by atoms with Crippen molar-refractivity contribution in [2.24, 2.45) is 7.05 Å². The molecule has 2 aromatic rings. The third-order valence-electron chi connectivity index (χ3n) is 4.14. The van der Waals surface area contributed by atoms with Gasteiger partial charge < -0.3 is 4.52 Å². The Morgan fingerprint density at radius 1 is 1.26 bits per heavy atom. The monoisotopic (exact) mass is 329 g/mol. The largest absolute Gasteiger partial charge is 0.455 e. The Morgan fingerprint density at radius 3 is 2.43 bits per heavy atom. The van der Waals surface area contributed by atoms with Crippen LogP contribution >= 0.6 is 0 Å². The van der Waals surface area contributed by atoms with Gasteiger partial charge in [-0.05, 0) is 26.7 Å². The van der Waals surface area contributed by atoms with Gasteiger partial charge in [0.15, 0.2) is 0 Å². The summed E-state index contributed by atoms with van der Waals surface area (Å²) in [7, 11) is 1.88. The summed E-state index contributed by atoms with van der Waals surface area (Å²) in [6.07, 6.45) is -2.53. The summed E-state index contributed by atoms with van der Waals surface area (Å²) in [6.45, 7) is 4.73. The standard InChI is InChI=1S/C14H18F3N5O/c1-8-11(9(2)21(3)19-8)6-22(10-4-5-10)7-12-18-13(20-23-12)14(15,16)17/h10H,4-7H2,1-3H3. The Balaban J connectivity index is 1.76. The fourth-order valence-electron chi connectivity index (χ4n) is 2.61. The molecule has 0 bridgehead atoms. The number of halogens is 3. The van der Waals surface area contributed by atoms with Crippen LogP contribution in [0.25, 0.3) is 0 Å². The van der Waals surface area contributed by atoms with Gasteiger partial charge in [-0.1, -0.05) is 5.16 Å². The second-order valence-corrected chi connectivity index (χ2v) is 5.92.